The molecule has 1 N–H and O–H groups in total. The zero-order chi connectivity index (χ0) is 12.8. The van der Waals surface area contributed by atoms with Crippen LogP contribution < -0.4 is 5.32 Å². The summed E-state index contributed by atoms with van der Waals surface area (Å²) in [6, 6.07) is 10.4. The van der Waals surface area contributed by atoms with Crippen molar-refractivity contribution in [3.05, 3.63) is 35.4 Å². The van der Waals surface area contributed by atoms with Crippen molar-refractivity contribution in [2.45, 2.75) is 18.2 Å². The number of hydrogen-bond acceptors (Lipinski definition) is 4. The molecule has 2 nitrogen and oxygen atoms in total. The lowest BCUT2D eigenvalue weighted by molar-refractivity contribution is 0.577. The molecule has 1 aliphatic heterocycles. The summed E-state index contributed by atoms with van der Waals surface area (Å²) in [5.41, 5.74) is 1.94. The topological polar surface area (TPSA) is 35.8 Å². The summed E-state index contributed by atoms with van der Waals surface area (Å²) in [6.07, 6.45) is 0. The predicted molar refractivity (Wildman–Crippen MR) is 81.1 cm³/mol. The highest BCUT2D eigenvalue weighted by molar-refractivity contribution is 8.06. The van der Waals surface area contributed by atoms with Crippen LogP contribution in [-0.4, -0.2) is 29.1 Å². The molecular weight excluding hydrogens is 260 g/mol. The third kappa shape index (κ3) is 3.94. The Morgan fingerprint density at radius 2 is 2.39 bits per heavy atom. The molecule has 2 atom stereocenters. The van der Waals surface area contributed by atoms with Crippen molar-refractivity contribution >= 4 is 23.5 Å². The largest absolute Gasteiger partial charge is 0.309 e. The summed E-state index contributed by atoms with van der Waals surface area (Å²) in [6.45, 7) is 3.22. The highest BCUT2D eigenvalue weighted by atomic mass is 32.2. The Bertz CT molecular complexity index is 422. The first-order chi connectivity index (χ1) is 8.79. The number of nitriles is 1. The number of hydrogen-bond donors (Lipinski definition) is 1. The molecule has 96 valence electrons. The normalized spacial score (nSPS) is 21.2. The molecule has 1 fully saturated rings. The van der Waals surface area contributed by atoms with Crippen LogP contribution in [0.4, 0.5) is 0 Å². The second-order valence-electron chi connectivity index (χ2n) is 4.43. The minimum Gasteiger partial charge on any atom is -0.309 e. The molecule has 1 heterocycles. The Morgan fingerprint density at radius 3 is 3.11 bits per heavy atom. The highest BCUT2D eigenvalue weighted by Gasteiger charge is 2.15. The van der Waals surface area contributed by atoms with E-state index in [1.54, 1.807) is 0 Å². The van der Waals surface area contributed by atoms with Gasteiger partial charge in [0.2, 0.25) is 0 Å². The van der Waals surface area contributed by atoms with Crippen molar-refractivity contribution in [3.63, 3.8) is 0 Å². The van der Waals surface area contributed by atoms with E-state index in [1.807, 2.05) is 18.2 Å². The van der Waals surface area contributed by atoms with Crippen LogP contribution in [-0.2, 0) is 0 Å². The Hall–Kier alpha value is -0.630. The van der Waals surface area contributed by atoms with Crippen molar-refractivity contribution in [1.29, 1.82) is 5.26 Å². The smallest absolute Gasteiger partial charge is 0.0991 e. The standard InChI is InChI=1S/C14H18N2S2/c1-11(13-4-2-3-12(7-13)8-15)16-9-14-10-17-5-6-18-14/h2-4,7,11,14,16H,5-6,9-10H2,1H3. The van der Waals surface area contributed by atoms with Crippen molar-refractivity contribution in [1.82, 2.24) is 5.32 Å². The van der Waals surface area contributed by atoms with E-state index in [-0.39, 0.29) is 0 Å². The van der Waals surface area contributed by atoms with Crippen LogP contribution >= 0.6 is 23.5 Å². The summed E-state index contributed by atoms with van der Waals surface area (Å²) >= 11 is 4.13. The molecule has 1 aromatic rings. The molecule has 0 amide bonds. The summed E-state index contributed by atoms with van der Waals surface area (Å²) in [5.74, 6) is 3.82. The molecule has 0 saturated carbocycles. The highest BCUT2D eigenvalue weighted by Crippen LogP contribution is 2.24. The molecule has 1 aromatic carbocycles. The second-order valence-corrected chi connectivity index (χ2v) is 6.99. The van der Waals surface area contributed by atoms with Gasteiger partial charge in [0.05, 0.1) is 11.6 Å². The average molecular weight is 278 g/mol. The van der Waals surface area contributed by atoms with Gasteiger partial charge in [0.1, 0.15) is 0 Å². The van der Waals surface area contributed by atoms with E-state index in [4.69, 9.17) is 5.26 Å². The molecule has 0 radical (unpaired) electrons. The summed E-state index contributed by atoms with van der Waals surface area (Å²) in [7, 11) is 0. The van der Waals surface area contributed by atoms with E-state index < -0.39 is 0 Å². The first-order valence-electron chi connectivity index (χ1n) is 6.22. The lowest BCUT2D eigenvalue weighted by Crippen LogP contribution is -2.30. The van der Waals surface area contributed by atoms with Crippen molar-refractivity contribution in [2.75, 3.05) is 23.8 Å². The maximum absolute atomic E-state index is 8.90. The van der Waals surface area contributed by atoms with Crippen molar-refractivity contribution < 1.29 is 0 Å². The van der Waals surface area contributed by atoms with Crippen LogP contribution in [0.3, 0.4) is 0 Å². The monoisotopic (exact) mass is 278 g/mol. The molecule has 1 saturated heterocycles. The number of thioether (sulfide) groups is 2. The van der Waals surface area contributed by atoms with Crippen LogP contribution in [0.5, 0.6) is 0 Å². The zero-order valence-corrected chi connectivity index (χ0v) is 12.2. The van der Waals surface area contributed by atoms with E-state index in [1.165, 1.54) is 22.8 Å². The van der Waals surface area contributed by atoms with Gasteiger partial charge in [-0.2, -0.15) is 28.8 Å². The van der Waals surface area contributed by atoms with Crippen molar-refractivity contribution in [2.24, 2.45) is 0 Å². The van der Waals surface area contributed by atoms with Gasteiger partial charge in [-0.25, -0.2) is 0 Å². The molecule has 1 aliphatic rings. The van der Waals surface area contributed by atoms with Gasteiger partial charge < -0.3 is 5.32 Å². The summed E-state index contributed by atoms with van der Waals surface area (Å²) in [5, 5.41) is 13.2. The third-order valence-corrected chi connectivity index (χ3v) is 5.90. The fraction of sp³-hybridized carbons (Fsp3) is 0.500. The van der Waals surface area contributed by atoms with Crippen molar-refractivity contribution in [3.8, 4) is 6.07 Å². The minimum absolute atomic E-state index is 0.311. The van der Waals surface area contributed by atoms with Gasteiger partial charge in [0.25, 0.3) is 0 Å². The van der Waals surface area contributed by atoms with Gasteiger partial charge in [-0.3, -0.25) is 0 Å². The van der Waals surface area contributed by atoms with E-state index in [2.05, 4.69) is 47.9 Å². The quantitative estimate of drug-likeness (QED) is 0.918. The lowest BCUT2D eigenvalue weighted by atomic mass is 10.1. The number of rotatable bonds is 4. The molecule has 0 spiro atoms. The number of nitrogens with zero attached hydrogens (tertiary/aromatic N) is 1. The first kappa shape index (κ1) is 13.8. The fourth-order valence-corrected chi connectivity index (χ4v) is 4.58. The van der Waals surface area contributed by atoms with Gasteiger partial charge in [0.15, 0.2) is 0 Å². The number of nitrogens with one attached hydrogen (secondary N) is 1. The van der Waals surface area contributed by atoms with Gasteiger partial charge in [0, 0.05) is 35.1 Å². The van der Waals surface area contributed by atoms with Crippen LogP contribution in [0.15, 0.2) is 24.3 Å². The Morgan fingerprint density at radius 1 is 1.50 bits per heavy atom. The SMILES string of the molecule is CC(NCC1CSCCS1)c1cccc(C#N)c1. The third-order valence-electron chi connectivity index (χ3n) is 3.05. The molecule has 18 heavy (non-hydrogen) atoms. The average Bonchev–Trinajstić information content (AvgIpc) is 2.46. The van der Waals surface area contributed by atoms with Gasteiger partial charge in [-0.15, -0.1) is 0 Å². The molecule has 0 aromatic heterocycles. The lowest BCUT2D eigenvalue weighted by Gasteiger charge is -2.23. The Kier molecular flexibility index (Phi) is 5.43. The van der Waals surface area contributed by atoms with Gasteiger partial charge >= 0.3 is 0 Å². The van der Waals surface area contributed by atoms with E-state index in [0.29, 0.717) is 6.04 Å². The van der Waals surface area contributed by atoms with Crippen LogP contribution in [0.25, 0.3) is 0 Å². The molecule has 4 heteroatoms. The maximum Gasteiger partial charge on any atom is 0.0991 e. The van der Waals surface area contributed by atoms with E-state index in [0.717, 1.165) is 17.4 Å². The molecule has 0 aliphatic carbocycles. The molecular formula is C14H18N2S2. The number of benzene rings is 1. The van der Waals surface area contributed by atoms with Crippen LogP contribution in [0, 0.1) is 11.3 Å². The summed E-state index contributed by atoms with van der Waals surface area (Å²) < 4.78 is 0. The Balaban J connectivity index is 1.86. The van der Waals surface area contributed by atoms with Crippen LogP contribution in [0.2, 0.25) is 0 Å². The van der Waals surface area contributed by atoms with Gasteiger partial charge in [-0.1, -0.05) is 12.1 Å². The fourth-order valence-electron chi connectivity index (χ4n) is 1.96. The van der Waals surface area contributed by atoms with Crippen LogP contribution in [0.1, 0.15) is 24.1 Å². The Labute approximate surface area is 118 Å². The zero-order valence-electron chi connectivity index (χ0n) is 10.6. The maximum atomic E-state index is 8.90. The van der Waals surface area contributed by atoms with E-state index in [9.17, 15) is 0 Å². The predicted octanol–water partition coefficient (Wildman–Crippen LogP) is 3.06. The summed E-state index contributed by atoms with van der Waals surface area (Å²) in [4.78, 5) is 0. The van der Waals surface area contributed by atoms with E-state index >= 15 is 0 Å². The molecule has 2 rings (SSSR count). The van der Waals surface area contributed by atoms with Gasteiger partial charge in [-0.05, 0) is 24.6 Å². The second kappa shape index (κ2) is 7.08. The first-order valence-corrected chi connectivity index (χ1v) is 8.42. The minimum atomic E-state index is 0.311. The molecule has 2 unspecified atom stereocenters. The molecule has 0 bridgehead atoms.